The highest BCUT2D eigenvalue weighted by atomic mass is 32.1. The van der Waals surface area contributed by atoms with Crippen LogP contribution < -0.4 is 4.90 Å². The summed E-state index contributed by atoms with van der Waals surface area (Å²) in [5.41, 5.74) is 2.93. The lowest BCUT2D eigenvalue weighted by atomic mass is 10.1. The molecule has 1 amide bonds. The second-order valence-electron chi connectivity index (χ2n) is 7.79. The van der Waals surface area contributed by atoms with Crippen LogP contribution in [0.25, 0.3) is 10.2 Å². The van der Waals surface area contributed by atoms with Crippen molar-refractivity contribution in [2.45, 2.75) is 20.3 Å². The number of aryl methyl sites for hydroxylation is 2. The van der Waals surface area contributed by atoms with E-state index in [9.17, 15) is 13.6 Å². The lowest BCUT2D eigenvalue weighted by molar-refractivity contribution is 0.0376. The van der Waals surface area contributed by atoms with Gasteiger partial charge in [0.2, 0.25) is 0 Å². The Kier molecular flexibility index (Phi) is 6.60. The Labute approximate surface area is 184 Å². The van der Waals surface area contributed by atoms with E-state index < -0.39 is 17.5 Å². The van der Waals surface area contributed by atoms with E-state index in [2.05, 4.69) is 16.0 Å². The molecule has 164 valence electrons. The van der Waals surface area contributed by atoms with Gasteiger partial charge in [-0.3, -0.25) is 14.6 Å². The number of carbonyl (C=O) groups excluding carboxylic acids is 1. The molecule has 1 aliphatic heterocycles. The number of rotatable bonds is 6. The first-order valence-corrected chi connectivity index (χ1v) is 11.2. The minimum atomic E-state index is -0.865. The number of benzene rings is 2. The second kappa shape index (κ2) is 9.38. The fraction of sp³-hybridized carbons (Fsp3) is 0.391. The van der Waals surface area contributed by atoms with Crippen molar-refractivity contribution in [1.29, 1.82) is 0 Å². The number of carbonyl (C=O) groups is 1. The number of morpholine rings is 1. The fourth-order valence-corrected chi connectivity index (χ4v) is 4.72. The molecular formula is C23H25F2N3O2S. The number of halogens is 2. The first kappa shape index (κ1) is 21.8. The summed E-state index contributed by atoms with van der Waals surface area (Å²) >= 11 is 1.41. The number of hydrogen-bond donors (Lipinski definition) is 0. The zero-order valence-corrected chi connectivity index (χ0v) is 18.5. The Balaban J connectivity index is 1.62. The summed E-state index contributed by atoms with van der Waals surface area (Å²) in [7, 11) is 0. The summed E-state index contributed by atoms with van der Waals surface area (Å²) in [6, 6.07) is 7.10. The number of hydrogen-bond acceptors (Lipinski definition) is 5. The number of thiazole rings is 1. The highest BCUT2D eigenvalue weighted by Gasteiger charge is 2.24. The smallest absolute Gasteiger partial charge is 0.263 e. The van der Waals surface area contributed by atoms with Gasteiger partial charge >= 0.3 is 0 Å². The maximum Gasteiger partial charge on any atom is 0.263 e. The van der Waals surface area contributed by atoms with E-state index in [0.29, 0.717) is 31.3 Å². The molecule has 0 saturated carbocycles. The number of ether oxygens (including phenoxy) is 1. The van der Waals surface area contributed by atoms with Gasteiger partial charge in [-0.05, 0) is 55.7 Å². The quantitative estimate of drug-likeness (QED) is 0.558. The molecular weight excluding hydrogens is 420 g/mol. The SMILES string of the molecule is Cc1cc2nc(N(CCCN3CCOCC3)C(=O)c3ccc(F)cc3F)sc2cc1C. The van der Waals surface area contributed by atoms with Crippen molar-refractivity contribution >= 4 is 32.6 Å². The normalized spacial score (nSPS) is 14.8. The molecule has 0 bridgehead atoms. The van der Waals surface area contributed by atoms with Gasteiger partial charge < -0.3 is 4.74 Å². The zero-order valence-electron chi connectivity index (χ0n) is 17.7. The standard InChI is InChI=1S/C23H25F2N3O2S/c1-15-12-20-21(13-16(15)2)31-23(26-20)28(7-3-6-27-8-10-30-11-9-27)22(29)18-5-4-17(24)14-19(18)25/h4-5,12-14H,3,6-11H2,1-2H3. The molecule has 4 rings (SSSR count). The molecule has 1 saturated heterocycles. The minimum absolute atomic E-state index is 0.153. The molecule has 0 atom stereocenters. The molecule has 2 heterocycles. The van der Waals surface area contributed by atoms with Gasteiger partial charge in [0.15, 0.2) is 5.13 Å². The molecule has 1 aromatic heterocycles. The molecule has 0 N–H and O–H groups in total. The number of amides is 1. The van der Waals surface area contributed by atoms with Gasteiger partial charge in [-0.2, -0.15) is 0 Å². The maximum absolute atomic E-state index is 14.4. The van der Waals surface area contributed by atoms with Crippen molar-refractivity contribution in [3.8, 4) is 0 Å². The van der Waals surface area contributed by atoms with Crippen LogP contribution in [-0.4, -0.2) is 55.2 Å². The molecule has 0 spiro atoms. The summed E-state index contributed by atoms with van der Waals surface area (Å²) in [6.07, 6.45) is 0.711. The molecule has 3 aromatic rings. The Bertz CT molecular complexity index is 1060. The molecule has 8 heteroatoms. The zero-order chi connectivity index (χ0) is 22.0. The van der Waals surface area contributed by atoms with Crippen molar-refractivity contribution in [3.05, 3.63) is 58.7 Å². The van der Waals surface area contributed by atoms with Crippen molar-refractivity contribution in [3.63, 3.8) is 0 Å². The highest BCUT2D eigenvalue weighted by molar-refractivity contribution is 7.22. The van der Waals surface area contributed by atoms with E-state index in [4.69, 9.17) is 4.74 Å². The Morgan fingerprint density at radius 3 is 2.65 bits per heavy atom. The van der Waals surface area contributed by atoms with Crippen molar-refractivity contribution in [2.24, 2.45) is 0 Å². The second-order valence-corrected chi connectivity index (χ2v) is 8.80. The van der Waals surface area contributed by atoms with E-state index in [0.717, 1.165) is 53.1 Å². The summed E-state index contributed by atoms with van der Waals surface area (Å²) in [5.74, 6) is -2.08. The first-order valence-electron chi connectivity index (χ1n) is 10.4. The maximum atomic E-state index is 14.4. The van der Waals surface area contributed by atoms with E-state index in [1.807, 2.05) is 19.9 Å². The molecule has 31 heavy (non-hydrogen) atoms. The number of fused-ring (bicyclic) bond motifs is 1. The Morgan fingerprint density at radius 1 is 1.16 bits per heavy atom. The lowest BCUT2D eigenvalue weighted by Gasteiger charge is -2.27. The largest absolute Gasteiger partial charge is 0.379 e. The van der Waals surface area contributed by atoms with Gasteiger partial charge in [0.05, 0.1) is 29.0 Å². The average molecular weight is 446 g/mol. The lowest BCUT2D eigenvalue weighted by Crippen LogP contribution is -2.39. The molecule has 2 aromatic carbocycles. The van der Waals surface area contributed by atoms with Crippen LogP contribution in [-0.2, 0) is 4.74 Å². The summed E-state index contributed by atoms with van der Waals surface area (Å²) < 4.78 is 34.1. The molecule has 1 aliphatic rings. The molecule has 0 aliphatic carbocycles. The molecule has 1 fully saturated rings. The summed E-state index contributed by atoms with van der Waals surface area (Å²) in [5, 5.41) is 0.524. The van der Waals surface area contributed by atoms with E-state index >= 15 is 0 Å². The first-order chi connectivity index (χ1) is 14.9. The van der Waals surface area contributed by atoms with E-state index in [1.165, 1.54) is 22.3 Å². The van der Waals surface area contributed by atoms with Gasteiger partial charge in [0, 0.05) is 32.2 Å². The van der Waals surface area contributed by atoms with Crippen LogP contribution in [0.3, 0.4) is 0 Å². The van der Waals surface area contributed by atoms with E-state index in [1.54, 1.807) is 0 Å². The number of nitrogens with zero attached hydrogens (tertiary/aromatic N) is 3. The molecule has 0 radical (unpaired) electrons. The summed E-state index contributed by atoms with van der Waals surface area (Å²) in [6.45, 7) is 8.40. The van der Waals surface area contributed by atoms with E-state index in [-0.39, 0.29) is 5.56 Å². The third-order valence-electron chi connectivity index (χ3n) is 5.59. The topological polar surface area (TPSA) is 45.7 Å². The predicted octanol–water partition coefficient (Wildman–Crippen LogP) is 4.56. The number of anilines is 1. The van der Waals surface area contributed by atoms with Crippen LogP contribution in [0.1, 0.15) is 27.9 Å². The fourth-order valence-electron chi connectivity index (χ4n) is 3.65. The Hall–Kier alpha value is -2.42. The van der Waals surface area contributed by atoms with Crippen molar-refractivity contribution < 1.29 is 18.3 Å². The average Bonchev–Trinajstić information content (AvgIpc) is 3.14. The van der Waals surface area contributed by atoms with Crippen LogP contribution in [0.15, 0.2) is 30.3 Å². The van der Waals surface area contributed by atoms with Gasteiger partial charge in [-0.1, -0.05) is 11.3 Å². The van der Waals surface area contributed by atoms with Crippen LogP contribution in [0.4, 0.5) is 13.9 Å². The Morgan fingerprint density at radius 2 is 1.90 bits per heavy atom. The van der Waals surface area contributed by atoms with Crippen LogP contribution in [0, 0.1) is 25.5 Å². The van der Waals surface area contributed by atoms with Gasteiger partial charge in [-0.15, -0.1) is 0 Å². The van der Waals surface area contributed by atoms with Crippen LogP contribution >= 0.6 is 11.3 Å². The molecule has 0 unspecified atom stereocenters. The van der Waals surface area contributed by atoms with Gasteiger partial charge in [0.1, 0.15) is 11.6 Å². The third-order valence-corrected chi connectivity index (χ3v) is 6.63. The van der Waals surface area contributed by atoms with Gasteiger partial charge in [0.25, 0.3) is 5.91 Å². The van der Waals surface area contributed by atoms with Crippen molar-refractivity contribution in [1.82, 2.24) is 9.88 Å². The summed E-state index contributed by atoms with van der Waals surface area (Å²) in [4.78, 5) is 21.7. The monoisotopic (exact) mass is 445 g/mol. The van der Waals surface area contributed by atoms with Gasteiger partial charge in [-0.25, -0.2) is 13.8 Å². The van der Waals surface area contributed by atoms with Crippen LogP contribution in [0.5, 0.6) is 0 Å². The van der Waals surface area contributed by atoms with Crippen molar-refractivity contribution in [2.75, 3.05) is 44.3 Å². The third kappa shape index (κ3) is 4.92. The predicted molar refractivity (Wildman–Crippen MR) is 119 cm³/mol. The number of aromatic nitrogens is 1. The van der Waals surface area contributed by atoms with Crippen LogP contribution in [0.2, 0.25) is 0 Å². The highest BCUT2D eigenvalue weighted by Crippen LogP contribution is 2.32. The molecule has 5 nitrogen and oxygen atoms in total. The minimum Gasteiger partial charge on any atom is -0.379 e.